The number of hydrogen-bond acceptors (Lipinski definition) is 3. The largest absolute Gasteiger partial charge is 0.478 e. The Bertz CT molecular complexity index is 930. The van der Waals surface area contributed by atoms with Crippen LogP contribution in [0, 0.1) is 5.92 Å². The van der Waals surface area contributed by atoms with Crippen molar-refractivity contribution in [3.05, 3.63) is 65.2 Å². The van der Waals surface area contributed by atoms with Crippen LogP contribution in [0.2, 0.25) is 0 Å². The summed E-state index contributed by atoms with van der Waals surface area (Å²) in [6.45, 7) is 5.38. The van der Waals surface area contributed by atoms with Crippen molar-refractivity contribution in [3.8, 4) is 0 Å². The van der Waals surface area contributed by atoms with Crippen LogP contribution in [0.1, 0.15) is 54.7 Å². The van der Waals surface area contributed by atoms with Crippen molar-refractivity contribution in [1.82, 2.24) is 5.32 Å². The average molecular weight is 483 g/mol. The number of halogens is 5. The smallest absolute Gasteiger partial charge is 0.335 e. The van der Waals surface area contributed by atoms with Crippen molar-refractivity contribution in [2.45, 2.75) is 44.7 Å². The lowest BCUT2D eigenvalue weighted by molar-refractivity contribution is -0.122. The van der Waals surface area contributed by atoms with Crippen LogP contribution in [0.3, 0.4) is 0 Å². The summed E-state index contributed by atoms with van der Waals surface area (Å²) >= 11 is 0. The predicted octanol–water partition coefficient (Wildman–Crippen LogP) is 6.44. The average Bonchev–Trinajstić information content (AvgIpc) is 2.66. The van der Waals surface area contributed by atoms with E-state index < -0.39 is 27.7 Å². The molecule has 0 spiro atoms. The zero-order valence-electron chi connectivity index (χ0n) is 17.7. The van der Waals surface area contributed by atoms with Crippen LogP contribution >= 0.6 is 10.2 Å². The summed E-state index contributed by atoms with van der Waals surface area (Å²) in [5, 5.41) is 20.2. The van der Waals surface area contributed by atoms with Crippen LogP contribution in [0.15, 0.2) is 53.4 Å². The molecule has 11 heteroatoms. The molecule has 3 N–H and O–H groups in total. The third-order valence-electron chi connectivity index (χ3n) is 4.18. The first-order valence-corrected chi connectivity index (χ1v) is 11.4. The van der Waals surface area contributed by atoms with E-state index in [0.717, 1.165) is 17.7 Å². The monoisotopic (exact) mass is 483 g/mol. The summed E-state index contributed by atoms with van der Waals surface area (Å²) in [5.74, 6) is -0.607. The van der Waals surface area contributed by atoms with Crippen LogP contribution in [0.4, 0.5) is 19.4 Å². The highest BCUT2D eigenvalue weighted by Crippen LogP contribution is 3.02. The van der Waals surface area contributed by atoms with Gasteiger partial charge in [-0.1, -0.05) is 57.5 Å². The molecule has 0 heterocycles. The molecule has 0 bridgehead atoms. The molecule has 1 amide bonds. The van der Waals surface area contributed by atoms with Gasteiger partial charge in [0, 0.05) is 6.42 Å². The van der Waals surface area contributed by atoms with Gasteiger partial charge in [-0.15, -0.1) is 0 Å². The van der Waals surface area contributed by atoms with Crippen molar-refractivity contribution in [3.63, 3.8) is 0 Å². The molecule has 2 aromatic carbocycles. The van der Waals surface area contributed by atoms with E-state index in [4.69, 9.17) is 10.2 Å². The fourth-order valence-electron chi connectivity index (χ4n) is 2.52. The second-order valence-electron chi connectivity index (χ2n) is 7.59. The van der Waals surface area contributed by atoms with Gasteiger partial charge >= 0.3 is 16.2 Å². The zero-order valence-corrected chi connectivity index (χ0v) is 18.5. The lowest BCUT2D eigenvalue weighted by atomic mass is 10.1. The Kier molecular flexibility index (Phi) is 8.09. The second-order valence-corrected chi connectivity index (χ2v) is 9.99. The van der Waals surface area contributed by atoms with E-state index in [1.165, 1.54) is 0 Å². The van der Waals surface area contributed by atoms with E-state index in [1.807, 2.05) is 20.8 Å². The molecule has 0 fully saturated rings. The van der Waals surface area contributed by atoms with E-state index in [1.54, 1.807) is 24.3 Å². The van der Waals surface area contributed by atoms with Gasteiger partial charge in [0.2, 0.25) is 5.91 Å². The first-order valence-electron chi connectivity index (χ1n) is 9.49. The molecule has 0 aliphatic heterocycles. The van der Waals surface area contributed by atoms with Crippen molar-refractivity contribution in [1.29, 1.82) is 0 Å². The zero-order chi connectivity index (χ0) is 24.8. The summed E-state index contributed by atoms with van der Waals surface area (Å²) in [6.07, 6.45) is 0.498. The predicted molar refractivity (Wildman–Crippen MR) is 113 cm³/mol. The third kappa shape index (κ3) is 9.23. The van der Waals surface area contributed by atoms with Crippen molar-refractivity contribution < 1.29 is 39.2 Å². The Balaban J connectivity index is 0.000000330. The highest BCUT2D eigenvalue weighted by Gasteiger charge is 2.65. The Morgan fingerprint density at radius 2 is 1.41 bits per heavy atom. The molecule has 2 rings (SSSR count). The number of nitrogens with one attached hydrogen (secondary N) is 1. The number of carbonyl (C=O) groups excluding carboxylic acids is 1. The minimum absolute atomic E-state index is 0.0137. The molecule has 0 aromatic heterocycles. The topological polar surface area (TPSA) is 86.6 Å². The molecule has 0 saturated heterocycles. The van der Waals surface area contributed by atoms with Crippen molar-refractivity contribution in [2.75, 3.05) is 0 Å². The third-order valence-corrected chi connectivity index (χ3v) is 5.34. The summed E-state index contributed by atoms with van der Waals surface area (Å²) in [4.78, 5) is 20.4. The van der Waals surface area contributed by atoms with E-state index >= 15 is 0 Å². The number of benzene rings is 2. The van der Waals surface area contributed by atoms with Gasteiger partial charge in [0.15, 0.2) is 0 Å². The standard InChI is InChI=1S/C14H19NO3.C7H7F5OS/c1-9(2)8-13(16)15-10(3)11-4-6-12(7-5-11)14(17)18;8-14(9,10,11,12)7-3-1-6(5-13)2-4-7/h4-7,9-10H,8H2,1-3H3,(H,15,16)(H,17,18);1-4,13H,5H2. The number of aromatic carboxylic acids is 1. The molecular formula is C21H26F5NO4S. The van der Waals surface area contributed by atoms with Gasteiger partial charge < -0.3 is 15.5 Å². The number of rotatable bonds is 7. The molecule has 1 atom stereocenters. The molecule has 5 nitrogen and oxygen atoms in total. The Morgan fingerprint density at radius 1 is 0.906 bits per heavy atom. The SMILES string of the molecule is CC(C)CC(=O)NC(C)c1ccc(C(=O)O)cc1.OCc1ccc(S(F)(F)(F)(F)F)cc1. The molecule has 0 radical (unpaired) electrons. The minimum Gasteiger partial charge on any atom is -0.478 e. The van der Waals surface area contributed by atoms with Gasteiger partial charge in [-0.25, -0.2) is 4.79 Å². The quantitative estimate of drug-likeness (QED) is 0.395. The summed E-state index contributed by atoms with van der Waals surface area (Å²) in [6, 6.07) is 8.60. The second kappa shape index (κ2) is 9.45. The van der Waals surface area contributed by atoms with Gasteiger partial charge in [0.05, 0.1) is 18.2 Å². The fourth-order valence-corrected chi connectivity index (χ4v) is 3.17. The van der Waals surface area contributed by atoms with Gasteiger partial charge in [-0.05, 0) is 48.2 Å². The molecule has 0 aliphatic carbocycles. The molecule has 32 heavy (non-hydrogen) atoms. The molecule has 1 unspecified atom stereocenters. The minimum atomic E-state index is -9.55. The van der Waals surface area contributed by atoms with Crippen LogP contribution < -0.4 is 5.32 Å². The van der Waals surface area contributed by atoms with Crippen LogP contribution in [-0.4, -0.2) is 22.1 Å². The molecule has 0 aliphatic rings. The number of aliphatic hydroxyl groups is 1. The fraction of sp³-hybridized carbons (Fsp3) is 0.333. The lowest BCUT2D eigenvalue weighted by Gasteiger charge is -2.40. The molecule has 2 aromatic rings. The van der Waals surface area contributed by atoms with Crippen LogP contribution in [0.5, 0.6) is 0 Å². The number of aliphatic hydroxyl groups excluding tert-OH is 1. The van der Waals surface area contributed by atoms with Gasteiger partial charge in [0.25, 0.3) is 0 Å². The van der Waals surface area contributed by atoms with E-state index in [2.05, 4.69) is 5.32 Å². The van der Waals surface area contributed by atoms with Crippen molar-refractivity contribution >= 4 is 22.1 Å². The summed E-state index contributed by atoms with van der Waals surface area (Å²) < 4.78 is 60.6. The first-order chi connectivity index (χ1) is 14.4. The summed E-state index contributed by atoms with van der Waals surface area (Å²) in [5.41, 5.74) is 1.30. The summed E-state index contributed by atoms with van der Waals surface area (Å²) in [7, 11) is -9.55. The molecule has 0 saturated carbocycles. The van der Waals surface area contributed by atoms with E-state index in [0.29, 0.717) is 12.3 Å². The Morgan fingerprint density at radius 3 is 1.78 bits per heavy atom. The van der Waals surface area contributed by atoms with E-state index in [9.17, 15) is 29.0 Å². The van der Waals surface area contributed by atoms with Crippen LogP contribution in [0.25, 0.3) is 0 Å². The number of amides is 1. The van der Waals surface area contributed by atoms with Crippen LogP contribution in [-0.2, 0) is 11.4 Å². The van der Waals surface area contributed by atoms with Gasteiger partial charge in [0.1, 0.15) is 4.90 Å². The van der Waals surface area contributed by atoms with Crippen molar-refractivity contribution in [2.24, 2.45) is 5.92 Å². The number of carboxylic acids is 1. The number of carboxylic acid groups (broad SMARTS) is 1. The van der Waals surface area contributed by atoms with Gasteiger partial charge in [-0.2, -0.15) is 0 Å². The van der Waals surface area contributed by atoms with E-state index in [-0.39, 0.29) is 35.2 Å². The maximum absolute atomic E-state index is 12.1. The first kappa shape index (κ1) is 27.4. The van der Waals surface area contributed by atoms with Gasteiger partial charge in [-0.3, -0.25) is 4.79 Å². The number of carbonyl (C=O) groups is 2. The number of hydrogen-bond donors (Lipinski definition) is 3. The Labute approximate surface area is 183 Å². The lowest BCUT2D eigenvalue weighted by Crippen LogP contribution is -2.27. The Hall–Kier alpha value is -2.66. The molecule has 180 valence electrons. The highest BCUT2D eigenvalue weighted by atomic mass is 32.5. The highest BCUT2D eigenvalue weighted by molar-refractivity contribution is 8.45. The molecular weight excluding hydrogens is 457 g/mol. The maximum Gasteiger partial charge on any atom is 0.335 e. The maximum atomic E-state index is 12.1. The normalized spacial score (nSPS) is 14.4.